The molecule has 1 saturated heterocycles. The molecule has 1 saturated carbocycles. The summed E-state index contributed by atoms with van der Waals surface area (Å²) in [5, 5.41) is 19.3. The lowest BCUT2D eigenvalue weighted by atomic mass is 9.96. The van der Waals surface area contributed by atoms with Crippen LogP contribution in [0.4, 0.5) is 0 Å². The van der Waals surface area contributed by atoms with Crippen molar-refractivity contribution in [3.05, 3.63) is 23.7 Å². The van der Waals surface area contributed by atoms with Crippen LogP contribution >= 0.6 is 0 Å². The molecule has 1 aromatic heterocycles. The number of piperidine rings is 1. The van der Waals surface area contributed by atoms with E-state index in [1.165, 1.54) is 12.8 Å². The minimum atomic E-state index is -0.181. The maximum absolute atomic E-state index is 12.3. The number of nitrogens with one attached hydrogen (secondary N) is 2. The second kappa shape index (κ2) is 7.15. The fraction of sp³-hybridized carbons (Fsp3) is 0.647. The van der Waals surface area contributed by atoms with Gasteiger partial charge in [0, 0.05) is 44.5 Å². The Morgan fingerprint density at radius 1 is 1.38 bits per heavy atom. The van der Waals surface area contributed by atoms with Crippen LogP contribution in [-0.2, 0) is 11.3 Å². The smallest absolute Gasteiger partial charge is 0.271 e. The normalized spacial score (nSPS) is 19.4. The lowest BCUT2D eigenvalue weighted by Gasteiger charge is -2.31. The molecule has 1 aromatic rings. The molecule has 3 rings (SSSR count). The molecule has 0 spiro atoms. The van der Waals surface area contributed by atoms with Gasteiger partial charge < -0.3 is 10.2 Å². The third-order valence-corrected chi connectivity index (χ3v) is 4.88. The van der Waals surface area contributed by atoms with Crippen LogP contribution in [-0.4, -0.2) is 51.6 Å². The van der Waals surface area contributed by atoms with E-state index < -0.39 is 0 Å². The Hall–Kier alpha value is -2.18. The fourth-order valence-corrected chi connectivity index (χ4v) is 3.07. The number of hydrogen-bond acceptors (Lipinski definition) is 5. The highest BCUT2D eigenvalue weighted by atomic mass is 16.2. The van der Waals surface area contributed by atoms with Crippen LogP contribution in [0, 0.1) is 11.3 Å². The number of aromatic nitrogens is 3. The van der Waals surface area contributed by atoms with Crippen LogP contribution in [0.5, 0.6) is 0 Å². The Morgan fingerprint density at radius 2 is 2.08 bits per heavy atom. The standard InChI is InChI=1S/C17H26N6O/c1-12(19-2)9-15(18)17(24)22-7-5-13(6-8-22)10-23-11-16(20-21-23)14-3-4-14/h9,11,13-14,18-19H,3-8,10H2,1-2H3/b12-9-,18-15?. The van der Waals surface area contributed by atoms with Crippen molar-refractivity contribution in [2.45, 2.75) is 45.1 Å². The van der Waals surface area contributed by atoms with Gasteiger partial charge in [-0.3, -0.25) is 14.9 Å². The summed E-state index contributed by atoms with van der Waals surface area (Å²) < 4.78 is 1.96. The number of hydrogen-bond donors (Lipinski definition) is 2. The number of amides is 1. The van der Waals surface area contributed by atoms with Gasteiger partial charge in [-0.2, -0.15) is 0 Å². The third kappa shape index (κ3) is 4.01. The summed E-state index contributed by atoms with van der Waals surface area (Å²) in [6, 6.07) is 0. The molecule has 2 heterocycles. The van der Waals surface area contributed by atoms with E-state index >= 15 is 0 Å². The summed E-state index contributed by atoms with van der Waals surface area (Å²) in [7, 11) is 1.79. The van der Waals surface area contributed by atoms with Gasteiger partial charge in [-0.1, -0.05) is 5.21 Å². The summed E-state index contributed by atoms with van der Waals surface area (Å²) in [5.41, 5.74) is 1.99. The first-order valence-electron chi connectivity index (χ1n) is 8.70. The predicted molar refractivity (Wildman–Crippen MR) is 91.8 cm³/mol. The predicted octanol–water partition coefficient (Wildman–Crippen LogP) is 1.54. The maximum atomic E-state index is 12.3. The Kier molecular flexibility index (Phi) is 4.97. The van der Waals surface area contributed by atoms with Crippen molar-refractivity contribution in [1.82, 2.24) is 25.2 Å². The van der Waals surface area contributed by atoms with E-state index in [1.54, 1.807) is 18.0 Å². The van der Waals surface area contributed by atoms with Crippen molar-refractivity contribution in [1.29, 1.82) is 5.41 Å². The Morgan fingerprint density at radius 3 is 2.71 bits per heavy atom. The zero-order valence-electron chi connectivity index (χ0n) is 14.5. The molecule has 0 unspecified atom stereocenters. The average molecular weight is 330 g/mol. The summed E-state index contributed by atoms with van der Waals surface area (Å²) in [6.45, 7) is 4.14. The summed E-state index contributed by atoms with van der Waals surface area (Å²) >= 11 is 0. The first-order chi connectivity index (χ1) is 11.6. The first-order valence-corrected chi connectivity index (χ1v) is 8.70. The molecule has 2 aliphatic rings. The summed E-state index contributed by atoms with van der Waals surface area (Å²) in [5.74, 6) is 0.977. The molecule has 7 heteroatoms. The van der Waals surface area contributed by atoms with Crippen LogP contribution in [0.15, 0.2) is 18.0 Å². The number of nitrogens with zero attached hydrogens (tertiary/aromatic N) is 4. The minimum absolute atomic E-state index is 0.0469. The molecule has 0 radical (unpaired) electrons. The number of rotatable bonds is 6. The van der Waals surface area contributed by atoms with Crippen LogP contribution in [0.3, 0.4) is 0 Å². The van der Waals surface area contributed by atoms with E-state index in [0.29, 0.717) is 24.9 Å². The topological polar surface area (TPSA) is 86.9 Å². The van der Waals surface area contributed by atoms with Gasteiger partial charge in [0.05, 0.1) is 5.69 Å². The van der Waals surface area contributed by atoms with Gasteiger partial charge in [0.15, 0.2) is 0 Å². The molecule has 7 nitrogen and oxygen atoms in total. The molecule has 0 bridgehead atoms. The molecule has 1 aliphatic heterocycles. The quantitative estimate of drug-likeness (QED) is 0.775. The molecule has 2 fully saturated rings. The van der Waals surface area contributed by atoms with Gasteiger partial charge in [-0.25, -0.2) is 0 Å². The molecule has 0 atom stereocenters. The van der Waals surface area contributed by atoms with Crippen LogP contribution < -0.4 is 5.32 Å². The first kappa shape index (κ1) is 16.7. The number of carbonyl (C=O) groups excluding carboxylic acids is 1. The highest BCUT2D eigenvalue weighted by Gasteiger charge is 2.28. The molecule has 130 valence electrons. The third-order valence-electron chi connectivity index (χ3n) is 4.88. The molecular formula is C17H26N6O. The number of carbonyl (C=O) groups is 1. The maximum Gasteiger partial charge on any atom is 0.271 e. The van der Waals surface area contributed by atoms with Gasteiger partial charge in [-0.05, 0) is 44.6 Å². The van der Waals surface area contributed by atoms with E-state index in [1.807, 2.05) is 11.6 Å². The summed E-state index contributed by atoms with van der Waals surface area (Å²) in [4.78, 5) is 14.1. The lowest BCUT2D eigenvalue weighted by molar-refractivity contribution is -0.125. The van der Waals surface area contributed by atoms with Gasteiger partial charge in [0.2, 0.25) is 0 Å². The van der Waals surface area contributed by atoms with E-state index in [2.05, 4.69) is 21.8 Å². The number of likely N-dealkylation sites (tertiary alicyclic amines) is 1. The van der Waals surface area contributed by atoms with Crippen molar-refractivity contribution in [3.8, 4) is 0 Å². The minimum Gasteiger partial charge on any atom is -0.392 e. The largest absolute Gasteiger partial charge is 0.392 e. The Balaban J connectivity index is 1.48. The zero-order chi connectivity index (χ0) is 17.1. The van der Waals surface area contributed by atoms with Gasteiger partial charge >= 0.3 is 0 Å². The second-order valence-electron chi connectivity index (χ2n) is 6.87. The van der Waals surface area contributed by atoms with Gasteiger partial charge in [0.25, 0.3) is 5.91 Å². The van der Waals surface area contributed by atoms with Crippen molar-refractivity contribution in [2.24, 2.45) is 5.92 Å². The molecule has 2 N–H and O–H groups in total. The van der Waals surface area contributed by atoms with Crippen molar-refractivity contribution >= 4 is 11.6 Å². The highest BCUT2D eigenvalue weighted by Crippen LogP contribution is 2.38. The average Bonchev–Trinajstić information content (AvgIpc) is 3.34. The molecular weight excluding hydrogens is 304 g/mol. The van der Waals surface area contributed by atoms with E-state index in [4.69, 9.17) is 5.41 Å². The zero-order valence-corrected chi connectivity index (χ0v) is 14.5. The van der Waals surface area contributed by atoms with Gasteiger partial charge in [-0.15, -0.1) is 5.10 Å². The lowest BCUT2D eigenvalue weighted by Crippen LogP contribution is -2.42. The Bertz CT molecular complexity index is 637. The summed E-state index contributed by atoms with van der Waals surface area (Å²) in [6.07, 6.45) is 8.05. The van der Waals surface area contributed by atoms with Crippen LogP contribution in [0.2, 0.25) is 0 Å². The van der Waals surface area contributed by atoms with Crippen molar-refractivity contribution in [2.75, 3.05) is 20.1 Å². The SMILES string of the molecule is CN/C(C)=C\C(=N)C(=O)N1CCC(Cn2cc(C3CC3)nn2)CC1. The van der Waals surface area contributed by atoms with E-state index in [0.717, 1.165) is 30.8 Å². The molecule has 0 aromatic carbocycles. The highest BCUT2D eigenvalue weighted by molar-refractivity contribution is 6.42. The van der Waals surface area contributed by atoms with E-state index in [9.17, 15) is 4.79 Å². The van der Waals surface area contributed by atoms with Gasteiger partial charge in [0.1, 0.15) is 5.71 Å². The monoisotopic (exact) mass is 330 g/mol. The van der Waals surface area contributed by atoms with E-state index in [-0.39, 0.29) is 11.6 Å². The van der Waals surface area contributed by atoms with Crippen LogP contribution in [0.1, 0.15) is 44.2 Å². The number of allylic oxidation sites excluding steroid dienone is 1. The molecule has 1 aliphatic carbocycles. The second-order valence-corrected chi connectivity index (χ2v) is 6.87. The van der Waals surface area contributed by atoms with Crippen molar-refractivity contribution < 1.29 is 4.79 Å². The Labute approximate surface area is 142 Å². The van der Waals surface area contributed by atoms with Crippen molar-refractivity contribution in [3.63, 3.8) is 0 Å². The fourth-order valence-electron chi connectivity index (χ4n) is 3.07. The molecule has 24 heavy (non-hydrogen) atoms. The van der Waals surface area contributed by atoms with Crippen LogP contribution in [0.25, 0.3) is 0 Å². The molecule has 1 amide bonds.